The second kappa shape index (κ2) is 25.8. The molecule has 7 rings (SSSR count). The van der Waals surface area contributed by atoms with Gasteiger partial charge in [-0.15, -0.1) is 0 Å². The molecule has 6 aromatic carbocycles. The Morgan fingerprint density at radius 3 is 0.957 bits per heavy atom. The van der Waals surface area contributed by atoms with Gasteiger partial charge in [0.1, 0.15) is 24.4 Å². The molecule has 69 heavy (non-hydrogen) atoms. The number of benzene rings is 6. The zero-order chi connectivity index (χ0) is 48.4. The van der Waals surface area contributed by atoms with Crippen molar-refractivity contribution in [3.63, 3.8) is 0 Å². The van der Waals surface area contributed by atoms with Gasteiger partial charge in [-0.3, -0.25) is 40.8 Å². The van der Waals surface area contributed by atoms with Gasteiger partial charge in [-0.05, 0) is 33.4 Å². The first-order valence-corrected chi connectivity index (χ1v) is 29.0. The van der Waals surface area contributed by atoms with Crippen molar-refractivity contribution in [3.8, 4) is 0 Å². The maximum atomic E-state index is 15.1. The lowest BCUT2D eigenvalue weighted by molar-refractivity contribution is -0.0415. The van der Waals surface area contributed by atoms with Crippen LogP contribution in [0, 0.1) is 0 Å². The van der Waals surface area contributed by atoms with E-state index in [0.717, 1.165) is 5.56 Å². The van der Waals surface area contributed by atoms with Gasteiger partial charge in [0.05, 0.1) is 52.9 Å². The van der Waals surface area contributed by atoms with Gasteiger partial charge < -0.3 is 18.3 Å². The van der Waals surface area contributed by atoms with Gasteiger partial charge >= 0.3 is 30.8 Å². The lowest BCUT2D eigenvalue weighted by Gasteiger charge is -2.30. The van der Waals surface area contributed by atoms with E-state index in [0.29, 0.717) is 27.8 Å². The van der Waals surface area contributed by atoms with Crippen LogP contribution < -0.4 is 0 Å². The summed E-state index contributed by atoms with van der Waals surface area (Å²) < 4.78 is 125. The van der Waals surface area contributed by atoms with Crippen molar-refractivity contribution in [1.29, 1.82) is 0 Å². The van der Waals surface area contributed by atoms with Crippen molar-refractivity contribution in [3.05, 3.63) is 215 Å². The summed E-state index contributed by atoms with van der Waals surface area (Å²) in [5.74, 6) is 0. The van der Waals surface area contributed by atoms with Crippen molar-refractivity contribution in [2.45, 2.75) is 64.1 Å². The highest BCUT2D eigenvalue weighted by atomic mass is 31.2. The van der Waals surface area contributed by atoms with Gasteiger partial charge in [-0.2, -0.15) is 0 Å². The van der Waals surface area contributed by atoms with Crippen molar-refractivity contribution in [1.82, 2.24) is 0 Å². The number of rotatable bonds is 28. The van der Waals surface area contributed by atoms with E-state index in [2.05, 4.69) is 0 Å². The molecule has 0 N–H and O–H groups in total. The first-order valence-electron chi connectivity index (χ1n) is 22.1. The topological polar surface area (TPSA) is 170 Å². The maximum absolute atomic E-state index is 15.1. The quantitative estimate of drug-likeness (QED) is 0.0425. The predicted molar refractivity (Wildman–Crippen MR) is 260 cm³/mol. The van der Waals surface area contributed by atoms with Crippen molar-refractivity contribution >= 4 is 30.8 Å². The van der Waals surface area contributed by atoms with Gasteiger partial charge in [0.25, 0.3) is 0 Å². The molecule has 0 radical (unpaired) electrons. The Labute approximate surface area is 403 Å². The normalized spacial score (nSPS) is 19.2. The van der Waals surface area contributed by atoms with E-state index in [1.165, 1.54) is 13.3 Å². The molecule has 1 fully saturated rings. The molecule has 366 valence electrons. The number of hydrogen-bond acceptors (Lipinski definition) is 15. The van der Waals surface area contributed by atoms with Crippen molar-refractivity contribution in [2.24, 2.45) is 0 Å². The average molecular weight is 1020 g/mol. The molecule has 1 aliphatic heterocycles. The van der Waals surface area contributed by atoms with Gasteiger partial charge in [0, 0.05) is 13.3 Å². The third-order valence-corrected chi connectivity index (χ3v) is 15.6. The standard InChI is InChI=1S/C50H56O15P4/c1-66(51,55-33-41-21-9-3-10-22-41)57-39-47-49(64-67(2,52)56-34-42-23-11-4-12-24-42)50(65-69(54,60-37-45-29-17-7-18-30-45)61-38-46-31-19-8-20-32-46)48(63-47)40-62-68(53,58-35-43-25-13-5-14-26-43)59-36-44-27-15-6-16-28-44/h3-32,47-50H,33-40H2,1-2H3/t47-,48-,49-,50-,66?,67?/m1/s1. The molecule has 2 unspecified atom stereocenters. The molecular weight excluding hydrogens is 964 g/mol. The molecule has 0 aliphatic carbocycles. The molecule has 1 aliphatic rings. The van der Waals surface area contributed by atoms with Crippen LogP contribution in [0.4, 0.5) is 0 Å². The number of hydrogen-bond donors (Lipinski definition) is 0. The summed E-state index contributed by atoms with van der Waals surface area (Å²) in [6.07, 6.45) is -5.70. The smallest absolute Gasteiger partial charge is 0.364 e. The van der Waals surface area contributed by atoms with Crippen LogP contribution in [0.15, 0.2) is 182 Å². The van der Waals surface area contributed by atoms with E-state index >= 15 is 4.57 Å². The molecule has 0 aromatic heterocycles. The minimum absolute atomic E-state index is 0.0261. The number of phosphoric ester groups is 2. The molecule has 1 saturated heterocycles. The summed E-state index contributed by atoms with van der Waals surface area (Å²) in [7, 11) is -17.1. The van der Waals surface area contributed by atoms with E-state index in [9.17, 15) is 13.7 Å². The Balaban J connectivity index is 1.21. The summed E-state index contributed by atoms with van der Waals surface area (Å²) in [6, 6.07) is 54.2. The minimum Gasteiger partial charge on any atom is -0.364 e. The molecule has 6 atom stereocenters. The number of ether oxygens (including phenoxy) is 1. The molecule has 0 saturated carbocycles. The Kier molecular flexibility index (Phi) is 19.7. The molecular formula is C50H56O15P4. The van der Waals surface area contributed by atoms with Crippen LogP contribution in [0.2, 0.25) is 0 Å². The highest BCUT2D eigenvalue weighted by Crippen LogP contribution is 2.58. The molecule has 0 amide bonds. The number of phosphoric acid groups is 2. The Morgan fingerprint density at radius 2 is 0.609 bits per heavy atom. The van der Waals surface area contributed by atoms with E-state index in [-0.39, 0.29) is 39.6 Å². The van der Waals surface area contributed by atoms with Crippen LogP contribution in [0.1, 0.15) is 33.4 Å². The SMILES string of the molecule is CP(=O)(OCc1ccccc1)OC[C@H]1O[C@H](COP(=O)(OCc2ccccc2)OCc2ccccc2)[C@@H](OP(=O)(OCc2ccccc2)OCc2ccccc2)[C@@H]1OP(C)(=O)OCc1ccccc1. The second-order valence-electron chi connectivity index (χ2n) is 15.9. The largest absolute Gasteiger partial charge is 0.475 e. The van der Waals surface area contributed by atoms with Crippen LogP contribution in [0.3, 0.4) is 0 Å². The third-order valence-electron chi connectivity index (χ3n) is 10.4. The highest BCUT2D eigenvalue weighted by molar-refractivity contribution is 7.53. The maximum Gasteiger partial charge on any atom is 0.475 e. The molecule has 1 heterocycles. The minimum atomic E-state index is -4.69. The average Bonchev–Trinajstić information content (AvgIpc) is 3.69. The summed E-state index contributed by atoms with van der Waals surface area (Å²) >= 11 is 0. The Bertz CT molecular complexity index is 2540. The fourth-order valence-corrected chi connectivity index (χ4v) is 11.3. The molecule has 19 heteroatoms. The Hall–Kier alpha value is -4.20. The molecule has 15 nitrogen and oxygen atoms in total. The third kappa shape index (κ3) is 17.6. The summed E-state index contributed by atoms with van der Waals surface area (Å²) in [4.78, 5) is 0. The van der Waals surface area contributed by atoms with Crippen LogP contribution in [-0.2, 0) is 108 Å². The monoisotopic (exact) mass is 1020 g/mol. The predicted octanol–water partition coefficient (Wildman–Crippen LogP) is 12.7. The van der Waals surface area contributed by atoms with Gasteiger partial charge in [0.2, 0.25) is 0 Å². The fourth-order valence-electron chi connectivity index (χ4n) is 6.79. The molecule has 0 bridgehead atoms. The lowest BCUT2D eigenvalue weighted by atomic mass is 10.1. The van der Waals surface area contributed by atoms with Crippen LogP contribution in [-0.4, -0.2) is 51.0 Å². The highest BCUT2D eigenvalue weighted by Gasteiger charge is 2.53. The van der Waals surface area contributed by atoms with Gasteiger partial charge in [-0.1, -0.05) is 182 Å². The fraction of sp³-hybridized carbons (Fsp3) is 0.280. The van der Waals surface area contributed by atoms with Crippen LogP contribution >= 0.6 is 30.8 Å². The van der Waals surface area contributed by atoms with E-state index < -0.39 is 68.5 Å². The molecule has 0 spiro atoms. The van der Waals surface area contributed by atoms with Crippen molar-refractivity contribution < 1.29 is 68.2 Å². The van der Waals surface area contributed by atoms with Crippen molar-refractivity contribution in [2.75, 3.05) is 26.5 Å². The lowest BCUT2D eigenvalue weighted by Crippen LogP contribution is -2.39. The second-order valence-corrected chi connectivity index (χ2v) is 23.3. The van der Waals surface area contributed by atoms with Gasteiger partial charge in [-0.25, -0.2) is 9.13 Å². The first-order chi connectivity index (χ1) is 33.3. The van der Waals surface area contributed by atoms with Crippen LogP contribution in [0.5, 0.6) is 0 Å². The summed E-state index contributed by atoms with van der Waals surface area (Å²) in [5, 5.41) is 0. The van der Waals surface area contributed by atoms with E-state index in [1.807, 2.05) is 97.1 Å². The van der Waals surface area contributed by atoms with Gasteiger partial charge in [0.15, 0.2) is 0 Å². The van der Waals surface area contributed by atoms with E-state index in [1.54, 1.807) is 84.9 Å². The molecule has 6 aromatic rings. The van der Waals surface area contributed by atoms with E-state index in [4.69, 9.17) is 50.0 Å². The van der Waals surface area contributed by atoms with Crippen LogP contribution in [0.25, 0.3) is 0 Å². The summed E-state index contributed by atoms with van der Waals surface area (Å²) in [5.41, 5.74) is 4.15. The zero-order valence-electron chi connectivity index (χ0n) is 38.2. The summed E-state index contributed by atoms with van der Waals surface area (Å²) in [6.45, 7) is 0.631. The first kappa shape index (κ1) is 52.6. The zero-order valence-corrected chi connectivity index (χ0v) is 41.8. The Morgan fingerprint density at radius 1 is 0.333 bits per heavy atom.